The smallest absolute Gasteiger partial charge is 0.307 e. The van der Waals surface area contributed by atoms with Crippen LogP contribution in [0.15, 0.2) is 12.1 Å². The van der Waals surface area contributed by atoms with Crippen LogP contribution in [0.1, 0.15) is 12.8 Å². The topological polar surface area (TPSA) is 52.4 Å². The van der Waals surface area contributed by atoms with E-state index in [0.29, 0.717) is 12.1 Å². The largest absolute Gasteiger partial charge is 0.487 e. The lowest BCUT2D eigenvalue weighted by Gasteiger charge is -2.05. The Balaban J connectivity index is 2.32. The highest BCUT2D eigenvalue weighted by molar-refractivity contribution is 5.39. The molecule has 0 saturated heterocycles. The monoisotopic (exact) mass is 215 g/mol. The maximum atomic E-state index is 13.2. The number of hydrogen-bond acceptors (Lipinski definition) is 3. The Morgan fingerprint density at radius 2 is 2.00 bits per heavy atom. The number of nitro benzene ring substituents is 1. The molecule has 0 spiro atoms. The molecule has 0 N–H and O–H groups in total. The predicted molar refractivity (Wildman–Crippen MR) is 46.7 cm³/mol. The number of rotatable bonds is 3. The molecule has 0 bridgehead atoms. The van der Waals surface area contributed by atoms with Gasteiger partial charge in [-0.2, -0.15) is 4.39 Å². The molecule has 1 fully saturated rings. The van der Waals surface area contributed by atoms with E-state index in [0.717, 1.165) is 12.8 Å². The van der Waals surface area contributed by atoms with E-state index in [1.54, 1.807) is 0 Å². The Morgan fingerprint density at radius 3 is 2.53 bits per heavy atom. The van der Waals surface area contributed by atoms with E-state index in [9.17, 15) is 18.9 Å². The number of hydrogen-bond donors (Lipinski definition) is 0. The first-order valence-electron chi connectivity index (χ1n) is 4.38. The van der Waals surface area contributed by atoms with Crippen molar-refractivity contribution < 1.29 is 18.4 Å². The van der Waals surface area contributed by atoms with Gasteiger partial charge in [0.1, 0.15) is 0 Å². The summed E-state index contributed by atoms with van der Waals surface area (Å²) in [4.78, 5) is 9.31. The van der Waals surface area contributed by atoms with Crippen molar-refractivity contribution in [3.63, 3.8) is 0 Å². The van der Waals surface area contributed by atoms with Gasteiger partial charge in [-0.05, 0) is 12.8 Å². The van der Waals surface area contributed by atoms with Gasteiger partial charge in [-0.3, -0.25) is 10.1 Å². The Bertz CT molecular complexity index is 418. The van der Waals surface area contributed by atoms with Gasteiger partial charge in [-0.25, -0.2) is 4.39 Å². The number of benzene rings is 1. The second-order valence-electron chi connectivity index (χ2n) is 3.31. The first-order valence-corrected chi connectivity index (χ1v) is 4.38. The van der Waals surface area contributed by atoms with Crippen molar-refractivity contribution >= 4 is 5.69 Å². The van der Waals surface area contributed by atoms with Gasteiger partial charge < -0.3 is 4.74 Å². The second kappa shape index (κ2) is 3.45. The van der Waals surface area contributed by atoms with Gasteiger partial charge in [-0.15, -0.1) is 0 Å². The maximum Gasteiger partial charge on any atom is 0.307 e. The summed E-state index contributed by atoms with van der Waals surface area (Å²) in [7, 11) is 0. The summed E-state index contributed by atoms with van der Waals surface area (Å²) in [6.45, 7) is 0. The summed E-state index contributed by atoms with van der Waals surface area (Å²) in [6.07, 6.45) is 1.52. The Labute approximate surface area is 83.6 Å². The van der Waals surface area contributed by atoms with Crippen LogP contribution >= 0.6 is 0 Å². The van der Waals surface area contributed by atoms with E-state index in [2.05, 4.69) is 0 Å². The molecule has 0 aromatic heterocycles. The molecule has 0 unspecified atom stereocenters. The van der Waals surface area contributed by atoms with Gasteiger partial charge in [-0.1, -0.05) is 0 Å². The van der Waals surface area contributed by atoms with E-state index in [1.807, 2.05) is 0 Å². The SMILES string of the molecule is O=[N+]([O-])c1cc(F)c(OC2CC2)cc1F. The molecule has 0 aliphatic heterocycles. The van der Waals surface area contributed by atoms with Crippen molar-refractivity contribution in [1.82, 2.24) is 0 Å². The molecule has 1 aromatic carbocycles. The summed E-state index contributed by atoms with van der Waals surface area (Å²) >= 11 is 0. The lowest BCUT2D eigenvalue weighted by molar-refractivity contribution is -0.387. The first-order chi connectivity index (χ1) is 7.08. The minimum atomic E-state index is -1.09. The zero-order valence-electron chi connectivity index (χ0n) is 7.57. The van der Waals surface area contributed by atoms with Crippen molar-refractivity contribution in [2.75, 3.05) is 0 Å². The Kier molecular flexibility index (Phi) is 2.26. The molecule has 1 aliphatic rings. The van der Waals surface area contributed by atoms with E-state index >= 15 is 0 Å². The Morgan fingerprint density at radius 1 is 1.33 bits per heavy atom. The number of nitro groups is 1. The third-order valence-corrected chi connectivity index (χ3v) is 2.02. The van der Waals surface area contributed by atoms with Crippen molar-refractivity contribution in [2.24, 2.45) is 0 Å². The van der Waals surface area contributed by atoms with Crippen molar-refractivity contribution in [3.8, 4) is 5.75 Å². The third kappa shape index (κ3) is 2.03. The van der Waals surface area contributed by atoms with Crippen molar-refractivity contribution in [2.45, 2.75) is 18.9 Å². The summed E-state index contributed by atoms with van der Waals surface area (Å²) in [5.41, 5.74) is -0.879. The molecule has 2 rings (SSSR count). The second-order valence-corrected chi connectivity index (χ2v) is 3.31. The fourth-order valence-electron chi connectivity index (χ4n) is 1.11. The lowest BCUT2D eigenvalue weighted by Crippen LogP contribution is -2.01. The standard InChI is InChI=1S/C9H7F2NO3/c10-6-4-9(15-5-1-2-5)7(11)3-8(6)12(13)14/h3-5H,1-2H2. The summed E-state index contributed by atoms with van der Waals surface area (Å²) in [5, 5.41) is 10.3. The van der Waals surface area contributed by atoms with Crippen LogP contribution in [0.5, 0.6) is 5.75 Å². The van der Waals surface area contributed by atoms with E-state index < -0.39 is 22.2 Å². The van der Waals surface area contributed by atoms with Crippen LogP contribution in [0.4, 0.5) is 14.5 Å². The van der Waals surface area contributed by atoms with Crippen LogP contribution in [0.2, 0.25) is 0 Å². The average molecular weight is 215 g/mol. The van der Waals surface area contributed by atoms with E-state index in [1.165, 1.54) is 0 Å². The molecule has 80 valence electrons. The zero-order chi connectivity index (χ0) is 11.0. The molecule has 1 aliphatic carbocycles. The Hall–Kier alpha value is -1.72. The molecule has 0 heterocycles. The van der Waals surface area contributed by atoms with Gasteiger partial charge in [0.25, 0.3) is 0 Å². The average Bonchev–Trinajstić information content (AvgIpc) is 2.94. The van der Waals surface area contributed by atoms with Gasteiger partial charge >= 0.3 is 5.69 Å². The summed E-state index contributed by atoms with van der Waals surface area (Å²) in [6, 6.07) is 1.25. The van der Waals surface area contributed by atoms with Gasteiger partial charge in [0.2, 0.25) is 5.82 Å². The summed E-state index contributed by atoms with van der Waals surface area (Å²) in [5.74, 6) is -2.26. The molecule has 15 heavy (non-hydrogen) atoms. The minimum Gasteiger partial charge on any atom is -0.487 e. The van der Waals surface area contributed by atoms with Crippen molar-refractivity contribution in [1.29, 1.82) is 0 Å². The molecule has 4 nitrogen and oxygen atoms in total. The van der Waals surface area contributed by atoms with Crippen LogP contribution < -0.4 is 4.74 Å². The predicted octanol–water partition coefficient (Wildman–Crippen LogP) is 2.41. The van der Waals surface area contributed by atoms with Crippen LogP contribution in [-0.4, -0.2) is 11.0 Å². The molecule has 1 aromatic rings. The molecule has 0 atom stereocenters. The highest BCUT2D eigenvalue weighted by Crippen LogP contribution is 2.31. The van der Waals surface area contributed by atoms with Crippen LogP contribution in [-0.2, 0) is 0 Å². The first kappa shape index (κ1) is 9.82. The van der Waals surface area contributed by atoms with Crippen molar-refractivity contribution in [3.05, 3.63) is 33.9 Å². The fourth-order valence-corrected chi connectivity index (χ4v) is 1.11. The van der Waals surface area contributed by atoms with Crippen LogP contribution in [0.3, 0.4) is 0 Å². The van der Waals surface area contributed by atoms with E-state index in [4.69, 9.17) is 4.74 Å². The fraction of sp³-hybridized carbons (Fsp3) is 0.333. The normalized spacial score (nSPS) is 15.1. The maximum absolute atomic E-state index is 13.2. The van der Waals surface area contributed by atoms with Crippen LogP contribution in [0, 0.1) is 21.7 Å². The molecule has 6 heteroatoms. The number of nitrogens with zero attached hydrogens (tertiary/aromatic N) is 1. The quantitative estimate of drug-likeness (QED) is 0.574. The third-order valence-electron chi connectivity index (χ3n) is 2.02. The highest BCUT2D eigenvalue weighted by Gasteiger charge is 2.27. The van der Waals surface area contributed by atoms with Crippen LogP contribution in [0.25, 0.3) is 0 Å². The molecule has 0 radical (unpaired) electrons. The minimum absolute atomic E-state index is 0.0830. The molecule has 1 saturated carbocycles. The molecular weight excluding hydrogens is 208 g/mol. The molecular formula is C9H7F2NO3. The van der Waals surface area contributed by atoms with E-state index in [-0.39, 0.29) is 11.9 Å². The molecule has 0 amide bonds. The van der Waals surface area contributed by atoms with Gasteiger partial charge in [0.15, 0.2) is 11.6 Å². The van der Waals surface area contributed by atoms with Gasteiger partial charge in [0.05, 0.1) is 17.1 Å². The zero-order valence-corrected chi connectivity index (χ0v) is 7.57. The summed E-state index contributed by atoms with van der Waals surface area (Å²) < 4.78 is 31.3. The van der Waals surface area contributed by atoms with Gasteiger partial charge in [0, 0.05) is 6.07 Å². The number of halogens is 2. The lowest BCUT2D eigenvalue weighted by atomic mass is 10.3. The highest BCUT2D eigenvalue weighted by atomic mass is 19.1. The number of ether oxygens (including phenoxy) is 1.